The molecule has 0 radical (unpaired) electrons. The second kappa shape index (κ2) is 5.28. The van der Waals surface area contributed by atoms with Gasteiger partial charge < -0.3 is 10.7 Å². The number of anilines is 2. The van der Waals surface area contributed by atoms with Gasteiger partial charge in [-0.2, -0.15) is 0 Å². The van der Waals surface area contributed by atoms with Crippen LogP contribution in [-0.4, -0.2) is 15.0 Å². The van der Waals surface area contributed by atoms with Crippen molar-refractivity contribution < 1.29 is 0 Å². The van der Waals surface area contributed by atoms with E-state index in [9.17, 15) is 0 Å². The van der Waals surface area contributed by atoms with Gasteiger partial charge in [0.15, 0.2) is 0 Å². The number of thiazole rings is 1. The summed E-state index contributed by atoms with van der Waals surface area (Å²) in [5, 5.41) is 6.35. The van der Waals surface area contributed by atoms with Crippen molar-refractivity contribution in [2.24, 2.45) is 5.84 Å². The molecule has 96 valence electrons. The number of rotatable bonds is 4. The molecule has 0 aromatic carbocycles. The zero-order valence-electron chi connectivity index (χ0n) is 10.6. The van der Waals surface area contributed by atoms with Gasteiger partial charge in [0.05, 0.1) is 6.04 Å². The van der Waals surface area contributed by atoms with Gasteiger partial charge in [-0.1, -0.05) is 0 Å². The van der Waals surface area contributed by atoms with Gasteiger partial charge in [0.1, 0.15) is 22.5 Å². The summed E-state index contributed by atoms with van der Waals surface area (Å²) in [5.74, 6) is 7.34. The average molecular weight is 264 g/mol. The van der Waals surface area contributed by atoms with E-state index in [4.69, 9.17) is 5.84 Å². The maximum atomic E-state index is 5.35. The maximum absolute atomic E-state index is 5.35. The van der Waals surface area contributed by atoms with Crippen LogP contribution in [-0.2, 0) is 0 Å². The lowest BCUT2D eigenvalue weighted by molar-refractivity contribution is 0.849. The van der Waals surface area contributed by atoms with Crippen molar-refractivity contribution >= 4 is 23.0 Å². The molecular formula is C11H16N6S. The van der Waals surface area contributed by atoms with Crippen molar-refractivity contribution in [2.75, 3.05) is 10.7 Å². The number of nitrogens with zero attached hydrogens (tertiary/aromatic N) is 3. The van der Waals surface area contributed by atoms with E-state index >= 15 is 0 Å². The lowest BCUT2D eigenvalue weighted by Crippen LogP contribution is -2.13. The highest BCUT2D eigenvalue weighted by atomic mass is 32.1. The third-order valence-electron chi connectivity index (χ3n) is 2.36. The van der Waals surface area contributed by atoms with E-state index in [0.29, 0.717) is 11.6 Å². The molecule has 0 fully saturated rings. The highest BCUT2D eigenvalue weighted by molar-refractivity contribution is 7.09. The number of hydrogen-bond donors (Lipinski definition) is 3. The number of hydrazine groups is 1. The van der Waals surface area contributed by atoms with E-state index in [0.717, 1.165) is 16.5 Å². The van der Waals surface area contributed by atoms with Crippen molar-refractivity contribution in [1.82, 2.24) is 15.0 Å². The summed E-state index contributed by atoms with van der Waals surface area (Å²) in [6, 6.07) is 1.87. The monoisotopic (exact) mass is 264 g/mol. The molecule has 1 atom stereocenters. The summed E-state index contributed by atoms with van der Waals surface area (Å²) in [5.41, 5.74) is 3.56. The third kappa shape index (κ3) is 2.93. The highest BCUT2D eigenvalue weighted by Gasteiger charge is 2.10. The topological polar surface area (TPSA) is 88.8 Å². The van der Waals surface area contributed by atoms with Gasteiger partial charge in [-0.3, -0.25) is 0 Å². The van der Waals surface area contributed by atoms with Crippen LogP contribution >= 0.6 is 11.3 Å². The van der Waals surface area contributed by atoms with Gasteiger partial charge in [0, 0.05) is 17.1 Å². The molecule has 2 heterocycles. The first-order valence-corrected chi connectivity index (χ1v) is 6.47. The summed E-state index contributed by atoms with van der Waals surface area (Å²) in [4.78, 5) is 12.9. The molecule has 4 N–H and O–H groups in total. The van der Waals surface area contributed by atoms with Crippen LogP contribution in [0.4, 0.5) is 11.6 Å². The molecule has 2 rings (SSSR count). The van der Waals surface area contributed by atoms with Gasteiger partial charge in [-0.05, 0) is 20.8 Å². The van der Waals surface area contributed by atoms with E-state index < -0.39 is 0 Å². The van der Waals surface area contributed by atoms with Crippen LogP contribution in [0.3, 0.4) is 0 Å². The Bertz CT molecular complexity index is 538. The highest BCUT2D eigenvalue weighted by Crippen LogP contribution is 2.22. The van der Waals surface area contributed by atoms with Gasteiger partial charge in [-0.15, -0.1) is 11.3 Å². The zero-order valence-corrected chi connectivity index (χ0v) is 11.4. The van der Waals surface area contributed by atoms with Gasteiger partial charge in [0.25, 0.3) is 0 Å². The Balaban J connectivity index is 2.16. The standard InChI is InChI=1S/C11H16N6S/c1-6-5-18-11(13-6)7(2)14-9-4-10(17-12)16-8(3)15-9/h4-5,7H,12H2,1-3H3,(H2,14,15,16,17). The summed E-state index contributed by atoms with van der Waals surface area (Å²) < 4.78 is 0. The Morgan fingerprint density at radius 1 is 1.22 bits per heavy atom. The number of nitrogen functional groups attached to an aromatic ring is 1. The minimum Gasteiger partial charge on any atom is -0.361 e. The fraction of sp³-hybridized carbons (Fsp3) is 0.364. The number of aryl methyl sites for hydroxylation is 2. The van der Waals surface area contributed by atoms with E-state index in [-0.39, 0.29) is 6.04 Å². The predicted octanol–water partition coefficient (Wildman–Crippen LogP) is 2.01. The van der Waals surface area contributed by atoms with E-state index in [1.165, 1.54) is 0 Å². The molecule has 0 amide bonds. The Labute approximate surface area is 110 Å². The van der Waals surface area contributed by atoms with Crippen molar-refractivity contribution in [2.45, 2.75) is 26.8 Å². The molecule has 0 saturated carbocycles. The Morgan fingerprint density at radius 3 is 2.56 bits per heavy atom. The van der Waals surface area contributed by atoms with Crippen LogP contribution in [0.15, 0.2) is 11.4 Å². The first-order chi connectivity index (χ1) is 8.58. The molecule has 2 aromatic heterocycles. The minimum atomic E-state index is 0.101. The summed E-state index contributed by atoms with van der Waals surface area (Å²) in [6.07, 6.45) is 0. The Hall–Kier alpha value is -1.73. The lowest BCUT2D eigenvalue weighted by atomic mass is 10.3. The van der Waals surface area contributed by atoms with Crippen LogP contribution in [0.1, 0.15) is 29.5 Å². The zero-order chi connectivity index (χ0) is 13.1. The summed E-state index contributed by atoms with van der Waals surface area (Å²) >= 11 is 1.63. The van der Waals surface area contributed by atoms with Gasteiger partial charge in [-0.25, -0.2) is 20.8 Å². The van der Waals surface area contributed by atoms with Crippen molar-refractivity contribution in [3.63, 3.8) is 0 Å². The molecular weight excluding hydrogens is 248 g/mol. The van der Waals surface area contributed by atoms with Crippen LogP contribution in [0.2, 0.25) is 0 Å². The minimum absolute atomic E-state index is 0.101. The molecule has 2 aromatic rings. The third-order valence-corrected chi connectivity index (χ3v) is 3.50. The predicted molar refractivity (Wildman–Crippen MR) is 73.5 cm³/mol. The van der Waals surface area contributed by atoms with Crippen LogP contribution in [0.25, 0.3) is 0 Å². The number of nitrogens with two attached hydrogens (primary N) is 1. The fourth-order valence-electron chi connectivity index (χ4n) is 1.57. The second-order valence-corrected chi connectivity index (χ2v) is 4.91. The first kappa shape index (κ1) is 12.7. The molecule has 0 saturated heterocycles. The molecule has 18 heavy (non-hydrogen) atoms. The Kier molecular flexibility index (Phi) is 3.73. The number of hydrogen-bond acceptors (Lipinski definition) is 7. The largest absolute Gasteiger partial charge is 0.361 e. The SMILES string of the molecule is Cc1csc(C(C)Nc2cc(NN)nc(C)n2)n1. The summed E-state index contributed by atoms with van der Waals surface area (Å²) in [7, 11) is 0. The fourth-order valence-corrected chi connectivity index (χ4v) is 2.37. The van der Waals surface area contributed by atoms with Crippen molar-refractivity contribution in [1.29, 1.82) is 0 Å². The van der Waals surface area contributed by atoms with Crippen LogP contribution in [0.5, 0.6) is 0 Å². The smallest absolute Gasteiger partial charge is 0.145 e. The maximum Gasteiger partial charge on any atom is 0.145 e. The average Bonchev–Trinajstić information content (AvgIpc) is 2.75. The summed E-state index contributed by atoms with van der Waals surface area (Å²) in [6.45, 7) is 5.85. The van der Waals surface area contributed by atoms with E-state index in [2.05, 4.69) is 25.7 Å². The first-order valence-electron chi connectivity index (χ1n) is 5.59. The Morgan fingerprint density at radius 2 is 1.94 bits per heavy atom. The molecule has 6 nitrogen and oxygen atoms in total. The molecule has 0 aliphatic heterocycles. The van der Waals surface area contributed by atoms with Gasteiger partial charge >= 0.3 is 0 Å². The molecule has 1 unspecified atom stereocenters. The molecule has 0 spiro atoms. The van der Waals surface area contributed by atoms with Crippen LogP contribution in [0, 0.1) is 13.8 Å². The number of aromatic nitrogens is 3. The quantitative estimate of drug-likeness (QED) is 0.578. The van der Waals surface area contributed by atoms with Crippen LogP contribution < -0.4 is 16.6 Å². The number of nitrogens with one attached hydrogen (secondary N) is 2. The molecule has 7 heteroatoms. The van der Waals surface area contributed by atoms with Gasteiger partial charge in [0.2, 0.25) is 0 Å². The lowest BCUT2D eigenvalue weighted by Gasteiger charge is -2.13. The van der Waals surface area contributed by atoms with Crippen molar-refractivity contribution in [3.8, 4) is 0 Å². The van der Waals surface area contributed by atoms with E-state index in [1.54, 1.807) is 17.4 Å². The normalized spacial score (nSPS) is 12.2. The second-order valence-electron chi connectivity index (χ2n) is 4.02. The molecule has 0 aliphatic carbocycles. The van der Waals surface area contributed by atoms with E-state index in [1.807, 2.05) is 26.2 Å². The molecule has 0 aliphatic rings. The molecule has 0 bridgehead atoms. The van der Waals surface area contributed by atoms with Crippen molar-refractivity contribution in [3.05, 3.63) is 28.0 Å².